The van der Waals surface area contributed by atoms with Gasteiger partial charge in [-0.15, -0.1) is 0 Å². The van der Waals surface area contributed by atoms with Crippen LogP contribution in [0.3, 0.4) is 0 Å². The maximum Gasteiger partial charge on any atom is 0.317 e. The molecule has 0 aromatic heterocycles. The van der Waals surface area contributed by atoms with Gasteiger partial charge in [-0.1, -0.05) is 0 Å². The fourth-order valence-corrected chi connectivity index (χ4v) is 2.04. The second-order valence-electron chi connectivity index (χ2n) is 4.13. The Kier molecular flexibility index (Phi) is 8.47. The van der Waals surface area contributed by atoms with E-state index in [2.05, 4.69) is 5.32 Å². The van der Waals surface area contributed by atoms with Crippen LogP contribution in [-0.4, -0.2) is 53.8 Å². The summed E-state index contributed by atoms with van der Waals surface area (Å²) >= 11 is 1.73. The van der Waals surface area contributed by atoms with Crippen molar-refractivity contribution in [2.24, 2.45) is 0 Å². The number of urea groups is 1. The highest BCUT2D eigenvalue weighted by molar-refractivity contribution is 7.98. The van der Waals surface area contributed by atoms with E-state index in [4.69, 9.17) is 5.11 Å². The summed E-state index contributed by atoms with van der Waals surface area (Å²) in [5.41, 5.74) is 0. The van der Waals surface area contributed by atoms with E-state index < -0.39 is 0 Å². The Bertz CT molecular complexity index is 202. The first-order chi connectivity index (χ1) is 7.52. The Morgan fingerprint density at radius 3 is 2.62 bits per heavy atom. The predicted molar refractivity (Wildman–Crippen MR) is 69.9 cm³/mol. The Morgan fingerprint density at radius 1 is 1.50 bits per heavy atom. The van der Waals surface area contributed by atoms with Gasteiger partial charge in [0.05, 0.1) is 0 Å². The van der Waals surface area contributed by atoms with E-state index in [-0.39, 0.29) is 24.7 Å². The van der Waals surface area contributed by atoms with Crippen molar-refractivity contribution in [3.63, 3.8) is 0 Å². The number of carbonyl (C=O) groups excluding carboxylic acids is 1. The number of carbonyl (C=O) groups is 1. The molecule has 0 saturated carbocycles. The van der Waals surface area contributed by atoms with Crippen molar-refractivity contribution >= 4 is 17.8 Å². The van der Waals surface area contributed by atoms with Crippen LogP contribution in [0.2, 0.25) is 0 Å². The van der Waals surface area contributed by atoms with Gasteiger partial charge in [0.1, 0.15) is 0 Å². The van der Waals surface area contributed by atoms with Crippen LogP contribution in [0.25, 0.3) is 0 Å². The zero-order valence-corrected chi connectivity index (χ0v) is 11.5. The van der Waals surface area contributed by atoms with Gasteiger partial charge in [-0.3, -0.25) is 0 Å². The molecule has 0 rings (SSSR count). The highest BCUT2D eigenvalue weighted by atomic mass is 32.2. The van der Waals surface area contributed by atoms with E-state index in [1.807, 2.05) is 27.2 Å². The van der Waals surface area contributed by atoms with Crippen LogP contribution in [-0.2, 0) is 0 Å². The van der Waals surface area contributed by atoms with Crippen LogP contribution in [0, 0.1) is 0 Å². The molecule has 2 N–H and O–H groups in total. The van der Waals surface area contributed by atoms with Crippen molar-refractivity contribution in [3.8, 4) is 0 Å². The molecule has 0 heterocycles. The molecule has 0 fully saturated rings. The Balaban J connectivity index is 3.94. The normalized spacial score (nSPS) is 14.3. The second-order valence-corrected chi connectivity index (χ2v) is 5.04. The van der Waals surface area contributed by atoms with E-state index in [9.17, 15) is 4.79 Å². The summed E-state index contributed by atoms with van der Waals surface area (Å²) in [6.45, 7) is 4.17. The first-order valence-corrected chi connectivity index (χ1v) is 7.05. The molecule has 0 aromatic rings. The van der Waals surface area contributed by atoms with Gasteiger partial charge in [0, 0.05) is 31.5 Å². The molecule has 96 valence electrons. The molecule has 16 heavy (non-hydrogen) atoms. The van der Waals surface area contributed by atoms with Gasteiger partial charge in [0.2, 0.25) is 0 Å². The topological polar surface area (TPSA) is 52.6 Å². The fraction of sp³-hybridized carbons (Fsp3) is 0.909. The van der Waals surface area contributed by atoms with Crippen LogP contribution in [0.4, 0.5) is 4.79 Å². The summed E-state index contributed by atoms with van der Waals surface area (Å²) in [6, 6.07) is 0.315. The molecule has 0 bridgehead atoms. The van der Waals surface area contributed by atoms with Crippen molar-refractivity contribution in [1.82, 2.24) is 10.2 Å². The lowest BCUT2D eigenvalue weighted by atomic mass is 10.2. The van der Waals surface area contributed by atoms with Gasteiger partial charge in [-0.05, 0) is 32.9 Å². The summed E-state index contributed by atoms with van der Waals surface area (Å²) in [5.74, 6) is 0.939. The lowest BCUT2D eigenvalue weighted by Crippen LogP contribution is -2.46. The second kappa shape index (κ2) is 8.70. The number of aliphatic hydroxyl groups excluding tert-OH is 1. The third-order valence-electron chi connectivity index (χ3n) is 2.55. The quantitative estimate of drug-likeness (QED) is 0.718. The Hall–Kier alpha value is -0.420. The van der Waals surface area contributed by atoms with E-state index in [0.717, 1.165) is 18.6 Å². The molecule has 0 aliphatic carbocycles. The van der Waals surface area contributed by atoms with E-state index in [1.54, 1.807) is 16.7 Å². The number of aliphatic hydroxyl groups is 1. The van der Waals surface area contributed by atoms with Gasteiger partial charge in [-0.2, -0.15) is 11.8 Å². The monoisotopic (exact) mass is 248 g/mol. The summed E-state index contributed by atoms with van der Waals surface area (Å²) in [7, 11) is 1.81. The SMILES string of the molecule is CSCC(C)N(C)C(=O)NC(C)CCCO. The summed E-state index contributed by atoms with van der Waals surface area (Å²) in [5, 5.41) is 11.6. The fourth-order valence-electron chi connectivity index (χ4n) is 1.34. The largest absolute Gasteiger partial charge is 0.396 e. The van der Waals surface area contributed by atoms with Crippen molar-refractivity contribution in [3.05, 3.63) is 0 Å². The molecule has 2 atom stereocenters. The number of nitrogens with zero attached hydrogens (tertiary/aromatic N) is 1. The van der Waals surface area contributed by atoms with Crippen LogP contribution in [0.5, 0.6) is 0 Å². The van der Waals surface area contributed by atoms with Crippen LogP contribution in [0.1, 0.15) is 26.7 Å². The molecule has 2 amide bonds. The van der Waals surface area contributed by atoms with Gasteiger partial charge < -0.3 is 15.3 Å². The standard InChI is InChI=1S/C11H24N2O2S/c1-9(6-5-7-14)12-11(15)13(3)10(2)8-16-4/h9-10,14H,5-8H2,1-4H3,(H,12,15). The molecule has 0 aliphatic heterocycles. The lowest BCUT2D eigenvalue weighted by Gasteiger charge is -2.26. The van der Waals surface area contributed by atoms with Crippen molar-refractivity contribution in [1.29, 1.82) is 0 Å². The number of thioether (sulfide) groups is 1. The minimum atomic E-state index is -0.0352. The van der Waals surface area contributed by atoms with Crippen LogP contribution >= 0.6 is 11.8 Å². The van der Waals surface area contributed by atoms with Crippen molar-refractivity contribution in [2.45, 2.75) is 38.8 Å². The zero-order valence-electron chi connectivity index (χ0n) is 10.7. The van der Waals surface area contributed by atoms with E-state index in [0.29, 0.717) is 0 Å². The molecular formula is C11H24N2O2S. The van der Waals surface area contributed by atoms with Crippen molar-refractivity contribution in [2.75, 3.05) is 25.7 Å². The molecule has 0 aliphatic rings. The summed E-state index contributed by atoms with van der Waals surface area (Å²) in [6.07, 6.45) is 3.57. The smallest absolute Gasteiger partial charge is 0.317 e. The minimum absolute atomic E-state index is 0.0352. The van der Waals surface area contributed by atoms with Gasteiger partial charge in [-0.25, -0.2) is 4.79 Å². The third kappa shape index (κ3) is 6.23. The van der Waals surface area contributed by atoms with Gasteiger partial charge in [0.25, 0.3) is 0 Å². The highest BCUT2D eigenvalue weighted by Crippen LogP contribution is 2.04. The lowest BCUT2D eigenvalue weighted by molar-refractivity contribution is 0.193. The molecule has 2 unspecified atom stereocenters. The van der Waals surface area contributed by atoms with Gasteiger partial charge in [0.15, 0.2) is 0 Å². The van der Waals surface area contributed by atoms with Gasteiger partial charge >= 0.3 is 6.03 Å². The third-order valence-corrected chi connectivity index (χ3v) is 3.37. The summed E-state index contributed by atoms with van der Waals surface area (Å²) < 4.78 is 0. The van der Waals surface area contributed by atoms with E-state index in [1.165, 1.54) is 0 Å². The molecule has 0 saturated heterocycles. The first-order valence-electron chi connectivity index (χ1n) is 5.66. The molecule has 0 radical (unpaired) electrons. The maximum atomic E-state index is 11.8. The first kappa shape index (κ1) is 15.6. The average molecular weight is 248 g/mol. The van der Waals surface area contributed by atoms with Crippen LogP contribution in [0.15, 0.2) is 0 Å². The molecule has 0 spiro atoms. The predicted octanol–water partition coefficient (Wildman–Crippen LogP) is 1.54. The Labute approximate surface area is 103 Å². The van der Waals surface area contributed by atoms with Crippen LogP contribution < -0.4 is 5.32 Å². The van der Waals surface area contributed by atoms with E-state index >= 15 is 0 Å². The molecule has 5 heteroatoms. The highest BCUT2D eigenvalue weighted by Gasteiger charge is 2.16. The average Bonchev–Trinajstić information content (AvgIpc) is 2.25. The summed E-state index contributed by atoms with van der Waals surface area (Å²) in [4.78, 5) is 13.5. The number of rotatable bonds is 7. The number of hydrogen-bond donors (Lipinski definition) is 2. The molecule has 0 aromatic carbocycles. The Morgan fingerprint density at radius 2 is 2.12 bits per heavy atom. The minimum Gasteiger partial charge on any atom is -0.396 e. The number of amides is 2. The molecule has 4 nitrogen and oxygen atoms in total. The number of nitrogens with one attached hydrogen (secondary N) is 1. The zero-order chi connectivity index (χ0) is 12.6. The molecular weight excluding hydrogens is 224 g/mol. The number of hydrogen-bond acceptors (Lipinski definition) is 3. The van der Waals surface area contributed by atoms with Crippen molar-refractivity contribution < 1.29 is 9.90 Å². The maximum absolute atomic E-state index is 11.8.